The summed E-state index contributed by atoms with van der Waals surface area (Å²) in [5.74, 6) is 1.32. The van der Waals surface area contributed by atoms with Crippen molar-refractivity contribution in [3.63, 3.8) is 0 Å². The Kier molecular flexibility index (Phi) is 4.88. The molecule has 1 aliphatic heterocycles. The summed E-state index contributed by atoms with van der Waals surface area (Å²) in [4.78, 5) is 10.9. The van der Waals surface area contributed by atoms with E-state index in [4.69, 9.17) is 24.1 Å². The van der Waals surface area contributed by atoms with Crippen molar-refractivity contribution in [2.24, 2.45) is 0 Å². The van der Waals surface area contributed by atoms with Gasteiger partial charge >= 0.3 is 5.97 Å². The van der Waals surface area contributed by atoms with E-state index in [1.807, 2.05) is 24.3 Å². The molecule has 7 heteroatoms. The van der Waals surface area contributed by atoms with E-state index in [1.165, 1.54) is 0 Å². The Balaban J connectivity index is 1.85. The molecule has 1 N–H and O–H groups in total. The van der Waals surface area contributed by atoms with Gasteiger partial charge in [0.2, 0.25) is 5.69 Å². The molecule has 2 aromatic carbocycles. The third kappa shape index (κ3) is 3.29. The average molecular weight is 396 g/mol. The fraction of sp³-hybridized carbons (Fsp3) is 0.273. The summed E-state index contributed by atoms with van der Waals surface area (Å²) < 4.78 is 24.0. The highest BCUT2D eigenvalue weighted by Gasteiger charge is 2.27. The number of aromatic nitrogens is 1. The molecule has 4 rings (SSSR count). The molecule has 1 aromatic heterocycles. The van der Waals surface area contributed by atoms with Crippen LogP contribution in [0.3, 0.4) is 0 Å². The van der Waals surface area contributed by atoms with E-state index in [2.05, 4.69) is 16.8 Å². The van der Waals surface area contributed by atoms with E-state index >= 15 is 0 Å². The van der Waals surface area contributed by atoms with Crippen LogP contribution in [0, 0.1) is 0 Å². The second kappa shape index (κ2) is 7.50. The van der Waals surface area contributed by atoms with E-state index in [0.29, 0.717) is 23.0 Å². The summed E-state index contributed by atoms with van der Waals surface area (Å²) in [7, 11) is 4.81. The Morgan fingerprint density at radius 1 is 1.03 bits per heavy atom. The van der Waals surface area contributed by atoms with Crippen LogP contribution in [0.5, 0.6) is 23.0 Å². The van der Waals surface area contributed by atoms with Crippen molar-refractivity contribution in [2.75, 3.05) is 27.9 Å². The highest BCUT2D eigenvalue weighted by molar-refractivity contribution is 5.91. The van der Waals surface area contributed by atoms with Crippen LogP contribution < -0.4 is 23.5 Å². The van der Waals surface area contributed by atoms with Gasteiger partial charge in [-0.15, -0.1) is 0 Å². The highest BCUT2D eigenvalue weighted by Crippen LogP contribution is 2.40. The van der Waals surface area contributed by atoms with Crippen molar-refractivity contribution in [3.8, 4) is 34.3 Å². The monoisotopic (exact) mass is 396 g/mol. The topological polar surface area (TPSA) is 78.1 Å². The number of fused-ring (bicyclic) bond motifs is 4. The van der Waals surface area contributed by atoms with E-state index < -0.39 is 12.6 Å². The molecule has 0 aliphatic carbocycles. The van der Waals surface area contributed by atoms with E-state index in [0.717, 1.165) is 40.6 Å². The van der Waals surface area contributed by atoms with Crippen LogP contribution in [0.15, 0.2) is 36.5 Å². The molecule has 1 aliphatic rings. The Bertz CT molecular complexity index is 1110. The third-order valence-corrected chi connectivity index (χ3v) is 5.14. The average Bonchev–Trinajstić information content (AvgIpc) is 2.74. The molecule has 0 amide bonds. The van der Waals surface area contributed by atoms with Crippen LogP contribution in [0.1, 0.15) is 5.56 Å². The number of carboxylic acid groups (broad SMARTS) is 1. The Hall–Kier alpha value is -3.48. The van der Waals surface area contributed by atoms with Crippen molar-refractivity contribution in [2.45, 2.75) is 13.0 Å². The molecule has 0 saturated heterocycles. The minimum absolute atomic E-state index is 0.410. The normalized spacial score (nSPS) is 12.1. The number of nitrogens with zero attached hydrogens (tertiary/aromatic N) is 1. The van der Waals surface area contributed by atoms with Gasteiger partial charge in [-0.3, -0.25) is 0 Å². The first-order valence-electron chi connectivity index (χ1n) is 9.19. The van der Waals surface area contributed by atoms with Crippen LogP contribution >= 0.6 is 0 Å². The number of carboxylic acids is 1. The maximum absolute atomic E-state index is 10.9. The third-order valence-electron chi connectivity index (χ3n) is 5.14. The molecule has 0 fully saturated rings. The lowest BCUT2D eigenvalue weighted by molar-refractivity contribution is -0.686. The molecule has 3 aromatic rings. The fourth-order valence-electron chi connectivity index (χ4n) is 3.80. The Morgan fingerprint density at radius 2 is 1.83 bits per heavy atom. The molecule has 0 saturated carbocycles. The number of hydrogen-bond acceptors (Lipinski definition) is 5. The van der Waals surface area contributed by atoms with Gasteiger partial charge in [-0.05, 0) is 35.2 Å². The molecule has 2 heterocycles. The molecular formula is C22H22NO6+. The van der Waals surface area contributed by atoms with Crippen LogP contribution in [0.2, 0.25) is 0 Å². The second-order valence-corrected chi connectivity index (χ2v) is 6.75. The van der Waals surface area contributed by atoms with Gasteiger partial charge in [-0.2, -0.15) is 4.57 Å². The van der Waals surface area contributed by atoms with E-state index in [-0.39, 0.29) is 0 Å². The van der Waals surface area contributed by atoms with Crippen molar-refractivity contribution >= 4 is 16.7 Å². The smallest absolute Gasteiger partial charge is 0.341 e. The molecule has 0 atom stereocenters. The summed E-state index contributed by atoms with van der Waals surface area (Å²) in [6.45, 7) is 0.371. The molecule has 0 bridgehead atoms. The lowest BCUT2D eigenvalue weighted by Crippen LogP contribution is -2.40. The minimum Gasteiger partial charge on any atom is -0.493 e. The maximum atomic E-state index is 10.9. The highest BCUT2D eigenvalue weighted by atomic mass is 16.5. The summed E-state index contributed by atoms with van der Waals surface area (Å²) >= 11 is 0. The van der Waals surface area contributed by atoms with Crippen molar-refractivity contribution in [1.82, 2.24) is 0 Å². The van der Waals surface area contributed by atoms with Gasteiger partial charge < -0.3 is 24.1 Å². The number of benzene rings is 2. The number of methoxy groups -OCH3 is 3. The largest absolute Gasteiger partial charge is 0.493 e. The number of ether oxygens (including phenoxy) is 4. The van der Waals surface area contributed by atoms with Crippen LogP contribution in [0.4, 0.5) is 0 Å². The summed E-state index contributed by atoms with van der Waals surface area (Å²) in [5.41, 5.74) is 3.17. The molecule has 0 unspecified atom stereocenters. The first-order chi connectivity index (χ1) is 14.0. The van der Waals surface area contributed by atoms with Gasteiger partial charge in [-0.1, -0.05) is 0 Å². The van der Waals surface area contributed by atoms with Gasteiger partial charge in [0.1, 0.15) is 0 Å². The standard InChI is InChI=1S/C22H21NO6/c1-26-18-5-4-13-8-17-15-10-19(27-2)20(29-12-21(24)25)9-14(15)6-7-23(17)11-16(13)22(18)28-3/h4-5,8-11H,6-7,12H2,1-3H3/p+1. The zero-order chi connectivity index (χ0) is 20.5. The Labute approximate surface area is 168 Å². The predicted octanol–water partition coefficient (Wildman–Crippen LogP) is 2.84. The first kappa shape index (κ1) is 18.9. The molecule has 7 nitrogen and oxygen atoms in total. The molecule has 150 valence electrons. The zero-order valence-electron chi connectivity index (χ0n) is 16.5. The van der Waals surface area contributed by atoms with Gasteiger partial charge in [0.15, 0.2) is 42.3 Å². The number of hydrogen-bond donors (Lipinski definition) is 1. The van der Waals surface area contributed by atoms with Crippen LogP contribution in [0.25, 0.3) is 22.0 Å². The summed E-state index contributed by atoms with van der Waals surface area (Å²) in [5, 5.41) is 10.9. The predicted molar refractivity (Wildman–Crippen MR) is 106 cm³/mol. The van der Waals surface area contributed by atoms with Gasteiger partial charge in [-0.25, -0.2) is 4.79 Å². The fourth-order valence-corrected chi connectivity index (χ4v) is 3.80. The summed E-state index contributed by atoms with van der Waals surface area (Å²) in [6.07, 6.45) is 2.87. The second-order valence-electron chi connectivity index (χ2n) is 6.75. The first-order valence-corrected chi connectivity index (χ1v) is 9.19. The van der Waals surface area contributed by atoms with Crippen molar-refractivity contribution < 1.29 is 33.4 Å². The van der Waals surface area contributed by atoms with Crippen molar-refractivity contribution in [1.29, 1.82) is 0 Å². The summed E-state index contributed by atoms with van der Waals surface area (Å²) in [6, 6.07) is 9.80. The number of aliphatic carboxylic acids is 1. The lowest BCUT2D eigenvalue weighted by Gasteiger charge is -2.19. The number of carbonyl (C=O) groups is 1. The minimum atomic E-state index is -1.03. The quantitative estimate of drug-likeness (QED) is 0.646. The van der Waals surface area contributed by atoms with Crippen LogP contribution in [-0.2, 0) is 17.8 Å². The zero-order valence-corrected chi connectivity index (χ0v) is 16.5. The molecule has 0 radical (unpaired) electrons. The van der Waals surface area contributed by atoms with Crippen LogP contribution in [-0.4, -0.2) is 39.0 Å². The molecular weight excluding hydrogens is 374 g/mol. The number of pyridine rings is 1. The van der Waals surface area contributed by atoms with Gasteiger partial charge in [0, 0.05) is 12.5 Å². The Morgan fingerprint density at radius 3 is 2.52 bits per heavy atom. The maximum Gasteiger partial charge on any atom is 0.341 e. The van der Waals surface area contributed by atoms with E-state index in [1.54, 1.807) is 21.3 Å². The number of rotatable bonds is 6. The van der Waals surface area contributed by atoms with Gasteiger partial charge in [0.25, 0.3) is 0 Å². The lowest BCUT2D eigenvalue weighted by atomic mass is 9.95. The molecule has 29 heavy (non-hydrogen) atoms. The van der Waals surface area contributed by atoms with E-state index in [9.17, 15) is 4.79 Å². The SMILES string of the molecule is COc1cc2c(cc1OCC(=O)O)CC[n+]1cc3c(OC)c(OC)ccc3cc1-2. The number of aryl methyl sites for hydroxylation is 2. The van der Waals surface area contributed by atoms with Crippen molar-refractivity contribution in [3.05, 3.63) is 42.1 Å². The van der Waals surface area contributed by atoms with Gasteiger partial charge in [0.05, 0.1) is 32.3 Å². The molecule has 0 spiro atoms.